The van der Waals surface area contributed by atoms with E-state index < -0.39 is 11.7 Å². The molecule has 0 unspecified atom stereocenters. The van der Waals surface area contributed by atoms with E-state index in [9.17, 15) is 4.79 Å². The van der Waals surface area contributed by atoms with Crippen molar-refractivity contribution < 1.29 is 9.53 Å². The fourth-order valence-electron chi connectivity index (χ4n) is 1.66. The first-order chi connectivity index (χ1) is 8.29. The highest BCUT2D eigenvalue weighted by atomic mass is 79.9. The number of hydrogen-bond acceptors (Lipinski definition) is 2. The molecule has 0 fully saturated rings. The van der Waals surface area contributed by atoms with E-state index in [1.54, 1.807) is 18.3 Å². The summed E-state index contributed by atoms with van der Waals surface area (Å²) in [5.74, 6) is 0. The molecule has 0 atom stereocenters. The summed E-state index contributed by atoms with van der Waals surface area (Å²) >= 11 is 9.52. The van der Waals surface area contributed by atoms with Crippen molar-refractivity contribution >= 4 is 44.5 Å². The molecule has 0 aliphatic carbocycles. The quantitative estimate of drug-likeness (QED) is 0.692. The van der Waals surface area contributed by atoms with Crippen LogP contribution in [0.2, 0.25) is 5.02 Å². The van der Waals surface area contributed by atoms with Gasteiger partial charge in [-0.25, -0.2) is 4.79 Å². The third-order valence-electron chi connectivity index (χ3n) is 2.32. The third-order valence-corrected chi connectivity index (χ3v) is 3.24. The van der Waals surface area contributed by atoms with Gasteiger partial charge in [-0.1, -0.05) is 17.7 Å². The Labute approximate surface area is 119 Å². The molecule has 0 spiro atoms. The van der Waals surface area contributed by atoms with Crippen molar-refractivity contribution in [3.05, 3.63) is 33.9 Å². The number of halogens is 2. The minimum atomic E-state index is -0.529. The third kappa shape index (κ3) is 2.54. The van der Waals surface area contributed by atoms with Gasteiger partial charge in [-0.05, 0) is 48.8 Å². The van der Waals surface area contributed by atoms with Crippen LogP contribution < -0.4 is 0 Å². The number of hydrogen-bond donors (Lipinski definition) is 0. The van der Waals surface area contributed by atoms with Crippen LogP contribution in [0, 0.1) is 0 Å². The summed E-state index contributed by atoms with van der Waals surface area (Å²) in [7, 11) is 0. The molecule has 96 valence electrons. The lowest BCUT2D eigenvalue weighted by Gasteiger charge is -2.19. The molecule has 3 nitrogen and oxygen atoms in total. The highest BCUT2D eigenvalue weighted by Crippen LogP contribution is 2.32. The van der Waals surface area contributed by atoms with Crippen molar-refractivity contribution in [1.29, 1.82) is 0 Å². The smallest absolute Gasteiger partial charge is 0.419 e. The van der Waals surface area contributed by atoms with Crippen molar-refractivity contribution in [2.75, 3.05) is 0 Å². The molecule has 2 aromatic rings. The summed E-state index contributed by atoms with van der Waals surface area (Å²) in [6, 6.07) is 5.42. The maximum atomic E-state index is 12.1. The van der Waals surface area contributed by atoms with Gasteiger partial charge in [0.05, 0.1) is 10.5 Å². The first kappa shape index (κ1) is 13.4. The Morgan fingerprint density at radius 3 is 2.67 bits per heavy atom. The van der Waals surface area contributed by atoms with Crippen LogP contribution >= 0.6 is 27.5 Å². The summed E-state index contributed by atoms with van der Waals surface area (Å²) in [5, 5.41) is 1.41. The SMILES string of the molecule is CC(C)(C)OC(=O)n1cc(Br)c2c(Cl)cccc21. The number of benzene rings is 1. The molecule has 1 aromatic carbocycles. The van der Waals surface area contributed by atoms with E-state index in [4.69, 9.17) is 16.3 Å². The number of aromatic nitrogens is 1. The van der Waals surface area contributed by atoms with E-state index in [0.717, 1.165) is 15.4 Å². The van der Waals surface area contributed by atoms with Crippen molar-refractivity contribution in [3.63, 3.8) is 0 Å². The van der Waals surface area contributed by atoms with Crippen LogP contribution in [0.3, 0.4) is 0 Å². The standard InChI is InChI=1S/C13H13BrClNO2/c1-13(2,3)18-12(17)16-7-8(14)11-9(15)5-4-6-10(11)16/h4-7H,1-3H3. The molecule has 1 heterocycles. The minimum Gasteiger partial charge on any atom is -0.443 e. The lowest BCUT2D eigenvalue weighted by Crippen LogP contribution is -2.26. The first-order valence-electron chi connectivity index (χ1n) is 5.48. The van der Waals surface area contributed by atoms with Gasteiger partial charge in [0.1, 0.15) is 5.60 Å². The Kier molecular flexibility index (Phi) is 3.43. The maximum absolute atomic E-state index is 12.1. The van der Waals surface area contributed by atoms with Crippen LogP contribution in [0.25, 0.3) is 10.9 Å². The Hall–Kier alpha value is -1.00. The lowest BCUT2D eigenvalue weighted by molar-refractivity contribution is 0.0544. The molecular weight excluding hydrogens is 318 g/mol. The van der Waals surface area contributed by atoms with Gasteiger partial charge in [0.25, 0.3) is 0 Å². The predicted molar refractivity (Wildman–Crippen MR) is 76.3 cm³/mol. The van der Waals surface area contributed by atoms with E-state index in [0.29, 0.717) is 5.02 Å². The first-order valence-corrected chi connectivity index (χ1v) is 6.65. The van der Waals surface area contributed by atoms with E-state index >= 15 is 0 Å². The Balaban J connectivity index is 2.53. The molecule has 2 rings (SSSR count). The number of rotatable bonds is 0. The molecule has 5 heteroatoms. The Morgan fingerprint density at radius 1 is 1.39 bits per heavy atom. The van der Waals surface area contributed by atoms with Gasteiger partial charge in [-0.15, -0.1) is 0 Å². The fraction of sp³-hybridized carbons (Fsp3) is 0.308. The fourth-order valence-corrected chi connectivity index (χ4v) is 2.67. The van der Waals surface area contributed by atoms with Crippen LogP contribution in [0.4, 0.5) is 4.79 Å². The molecule has 18 heavy (non-hydrogen) atoms. The number of carbonyl (C=O) groups is 1. The largest absolute Gasteiger partial charge is 0.443 e. The number of ether oxygens (including phenoxy) is 1. The Morgan fingerprint density at radius 2 is 2.06 bits per heavy atom. The van der Waals surface area contributed by atoms with Gasteiger partial charge in [0.15, 0.2) is 0 Å². The van der Waals surface area contributed by atoms with E-state index in [1.165, 1.54) is 4.57 Å². The molecule has 0 aliphatic heterocycles. The minimum absolute atomic E-state index is 0.416. The average molecular weight is 331 g/mol. The van der Waals surface area contributed by atoms with Crippen LogP contribution in [0.15, 0.2) is 28.9 Å². The van der Waals surface area contributed by atoms with Crippen molar-refractivity contribution in [1.82, 2.24) is 4.57 Å². The van der Waals surface area contributed by atoms with Crippen LogP contribution in [0.1, 0.15) is 20.8 Å². The van der Waals surface area contributed by atoms with E-state index in [1.807, 2.05) is 26.8 Å². The van der Waals surface area contributed by atoms with Gasteiger partial charge in [-0.3, -0.25) is 4.57 Å². The van der Waals surface area contributed by atoms with Crippen LogP contribution in [-0.4, -0.2) is 16.3 Å². The zero-order chi connectivity index (χ0) is 13.5. The van der Waals surface area contributed by atoms with Crippen molar-refractivity contribution in [3.8, 4) is 0 Å². The average Bonchev–Trinajstić information content (AvgIpc) is 2.55. The molecule has 0 bridgehead atoms. The number of nitrogens with zero attached hydrogens (tertiary/aromatic N) is 1. The van der Waals surface area contributed by atoms with Gasteiger partial charge >= 0.3 is 6.09 Å². The summed E-state index contributed by atoms with van der Waals surface area (Å²) in [6.45, 7) is 5.50. The summed E-state index contributed by atoms with van der Waals surface area (Å²) in [6.07, 6.45) is 1.26. The highest BCUT2D eigenvalue weighted by Gasteiger charge is 2.20. The molecular formula is C13H13BrClNO2. The predicted octanol–water partition coefficient (Wildman–Crippen LogP) is 4.84. The molecule has 0 N–H and O–H groups in total. The molecule has 0 saturated heterocycles. The maximum Gasteiger partial charge on any atom is 0.419 e. The van der Waals surface area contributed by atoms with Gasteiger partial charge < -0.3 is 4.74 Å². The summed E-state index contributed by atoms with van der Waals surface area (Å²) < 4.78 is 7.57. The van der Waals surface area contributed by atoms with Crippen LogP contribution in [-0.2, 0) is 4.74 Å². The van der Waals surface area contributed by atoms with Gasteiger partial charge in [-0.2, -0.15) is 0 Å². The Bertz CT molecular complexity index is 613. The monoisotopic (exact) mass is 329 g/mol. The summed E-state index contributed by atoms with van der Waals surface area (Å²) in [4.78, 5) is 12.1. The zero-order valence-electron chi connectivity index (χ0n) is 10.3. The zero-order valence-corrected chi connectivity index (χ0v) is 12.7. The van der Waals surface area contributed by atoms with Gasteiger partial charge in [0.2, 0.25) is 0 Å². The highest BCUT2D eigenvalue weighted by molar-refractivity contribution is 9.10. The van der Waals surface area contributed by atoms with Crippen LogP contribution in [0.5, 0.6) is 0 Å². The van der Waals surface area contributed by atoms with E-state index in [-0.39, 0.29) is 0 Å². The topological polar surface area (TPSA) is 31.2 Å². The molecule has 0 radical (unpaired) electrons. The number of carbonyl (C=O) groups excluding carboxylic acids is 1. The van der Waals surface area contributed by atoms with Crippen molar-refractivity contribution in [2.24, 2.45) is 0 Å². The second-order valence-electron chi connectivity index (χ2n) is 4.96. The molecule has 0 saturated carbocycles. The number of fused-ring (bicyclic) bond motifs is 1. The van der Waals surface area contributed by atoms with Crippen molar-refractivity contribution in [2.45, 2.75) is 26.4 Å². The van der Waals surface area contributed by atoms with E-state index in [2.05, 4.69) is 15.9 Å². The normalized spacial score (nSPS) is 11.8. The van der Waals surface area contributed by atoms with Gasteiger partial charge in [0, 0.05) is 16.1 Å². The lowest BCUT2D eigenvalue weighted by atomic mass is 10.2. The molecule has 0 aliphatic rings. The second kappa shape index (κ2) is 4.59. The molecule has 1 aromatic heterocycles. The molecule has 0 amide bonds. The summed E-state index contributed by atoms with van der Waals surface area (Å²) in [5.41, 5.74) is 0.197. The second-order valence-corrected chi connectivity index (χ2v) is 6.22.